The first-order valence-electron chi connectivity index (χ1n) is 6.52. The second kappa shape index (κ2) is 8.38. The number of rotatable bonds is 6. The van der Waals surface area contributed by atoms with Crippen LogP contribution in [0.2, 0.25) is 0 Å². The molecule has 0 aromatic heterocycles. The zero-order chi connectivity index (χ0) is 15.8. The summed E-state index contributed by atoms with van der Waals surface area (Å²) < 4.78 is 11.5. The van der Waals surface area contributed by atoms with Crippen molar-refractivity contribution in [2.24, 2.45) is 5.10 Å². The van der Waals surface area contributed by atoms with Crippen molar-refractivity contribution in [3.8, 4) is 11.5 Å². The van der Waals surface area contributed by atoms with E-state index < -0.39 is 0 Å². The van der Waals surface area contributed by atoms with Crippen LogP contribution < -0.4 is 14.9 Å². The van der Waals surface area contributed by atoms with E-state index in [1.165, 1.54) is 0 Å². The Morgan fingerprint density at radius 2 is 1.95 bits per heavy atom. The highest BCUT2D eigenvalue weighted by molar-refractivity contribution is 14.1. The third-order valence-electron chi connectivity index (χ3n) is 2.68. The SMILES string of the molecule is COc1ccc(OCC(=O)NN=Cc2cccc(I)c2)cc1. The van der Waals surface area contributed by atoms with Crippen molar-refractivity contribution in [2.75, 3.05) is 13.7 Å². The minimum Gasteiger partial charge on any atom is -0.497 e. The summed E-state index contributed by atoms with van der Waals surface area (Å²) in [5.74, 6) is 1.01. The Labute approximate surface area is 142 Å². The molecule has 0 bridgehead atoms. The summed E-state index contributed by atoms with van der Waals surface area (Å²) in [4.78, 5) is 11.6. The summed E-state index contributed by atoms with van der Waals surface area (Å²) >= 11 is 2.22. The van der Waals surface area contributed by atoms with Crippen molar-refractivity contribution in [3.63, 3.8) is 0 Å². The molecular formula is C16H15IN2O3. The van der Waals surface area contributed by atoms with Crippen LogP contribution in [0.3, 0.4) is 0 Å². The summed E-state index contributed by atoms with van der Waals surface area (Å²) in [5, 5.41) is 3.89. The molecule has 1 amide bonds. The minimum atomic E-state index is -0.322. The number of carbonyl (C=O) groups is 1. The Morgan fingerprint density at radius 3 is 2.64 bits per heavy atom. The number of amides is 1. The first-order valence-corrected chi connectivity index (χ1v) is 7.59. The summed E-state index contributed by atoms with van der Waals surface area (Å²) in [6, 6.07) is 14.8. The van der Waals surface area contributed by atoms with Crippen molar-refractivity contribution in [2.45, 2.75) is 0 Å². The molecule has 0 aliphatic carbocycles. The molecule has 2 rings (SSSR count). The quantitative estimate of drug-likeness (QED) is 0.453. The maximum absolute atomic E-state index is 11.6. The molecule has 0 spiro atoms. The monoisotopic (exact) mass is 410 g/mol. The largest absolute Gasteiger partial charge is 0.497 e. The molecule has 114 valence electrons. The van der Waals surface area contributed by atoms with Gasteiger partial charge in [-0.2, -0.15) is 5.10 Å². The maximum atomic E-state index is 11.6. The van der Waals surface area contributed by atoms with Crippen molar-refractivity contribution < 1.29 is 14.3 Å². The molecule has 6 heteroatoms. The number of hydrazone groups is 1. The Morgan fingerprint density at radius 1 is 1.23 bits per heavy atom. The molecule has 2 aromatic carbocycles. The molecule has 0 aliphatic heterocycles. The maximum Gasteiger partial charge on any atom is 0.277 e. The van der Waals surface area contributed by atoms with Crippen molar-refractivity contribution in [3.05, 3.63) is 57.7 Å². The van der Waals surface area contributed by atoms with Gasteiger partial charge in [0.2, 0.25) is 0 Å². The van der Waals surface area contributed by atoms with Gasteiger partial charge in [0, 0.05) is 3.57 Å². The molecule has 2 aromatic rings. The minimum absolute atomic E-state index is 0.101. The van der Waals surface area contributed by atoms with Gasteiger partial charge in [-0.15, -0.1) is 0 Å². The van der Waals surface area contributed by atoms with Gasteiger partial charge in [-0.3, -0.25) is 4.79 Å². The number of nitrogens with zero attached hydrogens (tertiary/aromatic N) is 1. The molecule has 0 unspecified atom stereocenters. The molecule has 0 aliphatic rings. The van der Waals surface area contributed by atoms with Crippen LogP contribution in [0.15, 0.2) is 53.6 Å². The molecule has 0 saturated heterocycles. The summed E-state index contributed by atoms with van der Waals surface area (Å²) in [6.07, 6.45) is 1.59. The number of benzene rings is 2. The van der Waals surface area contributed by atoms with E-state index in [4.69, 9.17) is 9.47 Å². The molecule has 0 radical (unpaired) electrons. The highest BCUT2D eigenvalue weighted by atomic mass is 127. The van der Waals surface area contributed by atoms with E-state index in [0.29, 0.717) is 5.75 Å². The van der Waals surface area contributed by atoms with Crippen LogP contribution in [0, 0.1) is 3.57 Å². The Kier molecular flexibility index (Phi) is 6.20. The molecule has 0 atom stereocenters. The average Bonchev–Trinajstić information content (AvgIpc) is 2.53. The second-order valence-electron chi connectivity index (χ2n) is 4.31. The van der Waals surface area contributed by atoms with Gasteiger partial charge in [-0.25, -0.2) is 5.43 Å². The normalized spacial score (nSPS) is 10.5. The van der Waals surface area contributed by atoms with E-state index in [-0.39, 0.29) is 12.5 Å². The predicted molar refractivity (Wildman–Crippen MR) is 93.4 cm³/mol. The third kappa shape index (κ3) is 5.36. The van der Waals surface area contributed by atoms with Crippen LogP contribution in [0.25, 0.3) is 0 Å². The van der Waals surface area contributed by atoms with Gasteiger partial charge in [0.05, 0.1) is 13.3 Å². The Balaban J connectivity index is 1.77. The molecule has 22 heavy (non-hydrogen) atoms. The number of ether oxygens (including phenoxy) is 2. The standard InChI is InChI=1S/C16H15IN2O3/c1-21-14-5-7-15(8-6-14)22-11-16(20)19-18-10-12-3-2-4-13(17)9-12/h2-10H,11H2,1H3,(H,19,20). The summed E-state index contributed by atoms with van der Waals surface area (Å²) in [7, 11) is 1.59. The molecule has 1 N–H and O–H groups in total. The lowest BCUT2D eigenvalue weighted by Gasteiger charge is -2.05. The number of methoxy groups -OCH3 is 1. The van der Waals surface area contributed by atoms with Crippen LogP contribution in [-0.4, -0.2) is 25.8 Å². The number of halogens is 1. The van der Waals surface area contributed by atoms with Gasteiger partial charge < -0.3 is 9.47 Å². The zero-order valence-electron chi connectivity index (χ0n) is 12.0. The van der Waals surface area contributed by atoms with Gasteiger partial charge in [0.25, 0.3) is 5.91 Å². The first kappa shape index (κ1) is 16.3. The number of hydrogen-bond donors (Lipinski definition) is 1. The molecule has 5 nitrogen and oxygen atoms in total. The fraction of sp³-hybridized carbons (Fsp3) is 0.125. The van der Waals surface area contributed by atoms with Gasteiger partial charge in [-0.1, -0.05) is 12.1 Å². The van der Waals surface area contributed by atoms with Crippen LogP contribution >= 0.6 is 22.6 Å². The number of hydrogen-bond acceptors (Lipinski definition) is 4. The average molecular weight is 410 g/mol. The number of nitrogens with one attached hydrogen (secondary N) is 1. The van der Waals surface area contributed by atoms with E-state index in [0.717, 1.165) is 14.9 Å². The van der Waals surface area contributed by atoms with Crippen molar-refractivity contribution in [1.82, 2.24) is 5.43 Å². The molecular weight excluding hydrogens is 395 g/mol. The van der Waals surface area contributed by atoms with E-state index >= 15 is 0 Å². The second-order valence-corrected chi connectivity index (χ2v) is 5.56. The molecule has 0 heterocycles. The highest BCUT2D eigenvalue weighted by Crippen LogP contribution is 2.16. The molecule has 0 fully saturated rings. The predicted octanol–water partition coefficient (Wildman–Crippen LogP) is 2.83. The van der Waals surface area contributed by atoms with E-state index in [1.54, 1.807) is 37.6 Å². The van der Waals surface area contributed by atoms with E-state index in [2.05, 4.69) is 33.1 Å². The fourth-order valence-electron chi connectivity index (χ4n) is 1.62. The van der Waals surface area contributed by atoms with E-state index in [1.807, 2.05) is 24.3 Å². The number of carbonyl (C=O) groups excluding carboxylic acids is 1. The fourth-order valence-corrected chi connectivity index (χ4v) is 2.19. The van der Waals surface area contributed by atoms with Crippen LogP contribution in [0.5, 0.6) is 11.5 Å². The Hall–Kier alpha value is -2.09. The first-order chi connectivity index (χ1) is 10.7. The zero-order valence-corrected chi connectivity index (χ0v) is 14.1. The summed E-state index contributed by atoms with van der Waals surface area (Å²) in [6.45, 7) is -0.101. The van der Waals surface area contributed by atoms with Gasteiger partial charge in [-0.05, 0) is 64.6 Å². The third-order valence-corrected chi connectivity index (χ3v) is 3.35. The van der Waals surface area contributed by atoms with E-state index in [9.17, 15) is 4.79 Å². The van der Waals surface area contributed by atoms with Crippen LogP contribution in [0.4, 0.5) is 0 Å². The summed E-state index contributed by atoms with van der Waals surface area (Å²) in [5.41, 5.74) is 3.34. The lowest BCUT2D eigenvalue weighted by atomic mass is 10.2. The lowest BCUT2D eigenvalue weighted by molar-refractivity contribution is -0.123. The van der Waals surface area contributed by atoms with Crippen LogP contribution in [-0.2, 0) is 4.79 Å². The van der Waals surface area contributed by atoms with Gasteiger partial charge >= 0.3 is 0 Å². The van der Waals surface area contributed by atoms with Gasteiger partial charge in [0.1, 0.15) is 11.5 Å². The highest BCUT2D eigenvalue weighted by Gasteiger charge is 2.01. The topological polar surface area (TPSA) is 59.9 Å². The molecule has 0 saturated carbocycles. The lowest BCUT2D eigenvalue weighted by Crippen LogP contribution is -2.24. The smallest absolute Gasteiger partial charge is 0.277 e. The van der Waals surface area contributed by atoms with Crippen molar-refractivity contribution in [1.29, 1.82) is 0 Å². The Bertz CT molecular complexity index is 657. The van der Waals surface area contributed by atoms with Gasteiger partial charge in [0.15, 0.2) is 6.61 Å². The van der Waals surface area contributed by atoms with Crippen LogP contribution in [0.1, 0.15) is 5.56 Å². The van der Waals surface area contributed by atoms with Crippen molar-refractivity contribution >= 4 is 34.7 Å².